The Kier molecular flexibility index (Phi) is 4.30. The quantitative estimate of drug-likeness (QED) is 0.843. The molecule has 2 fully saturated rings. The number of alkyl halides is 3. The average Bonchev–Trinajstić information content (AvgIpc) is 2.38. The van der Waals surface area contributed by atoms with E-state index in [4.69, 9.17) is 0 Å². The van der Waals surface area contributed by atoms with Crippen LogP contribution in [0.3, 0.4) is 0 Å². The largest absolute Gasteiger partial charge is 0.480 e. The van der Waals surface area contributed by atoms with E-state index in [1.54, 1.807) is 4.90 Å². The lowest BCUT2D eigenvalue weighted by atomic mass is 9.74. The average molecular weight is 294 g/mol. The van der Waals surface area contributed by atoms with Crippen LogP contribution in [-0.4, -0.2) is 65.8 Å². The molecule has 0 bridgehead atoms. The molecule has 2 rings (SSSR count). The molecule has 1 N–H and O–H groups in total. The number of hydrogen-bond acceptors (Lipinski definition) is 3. The number of carboxylic acids is 1. The molecule has 2 atom stereocenters. The van der Waals surface area contributed by atoms with Gasteiger partial charge in [-0.3, -0.25) is 9.69 Å². The van der Waals surface area contributed by atoms with Crippen molar-refractivity contribution in [3.8, 4) is 0 Å². The topological polar surface area (TPSA) is 43.8 Å². The minimum absolute atomic E-state index is 0.0479. The van der Waals surface area contributed by atoms with Crippen molar-refractivity contribution in [1.29, 1.82) is 0 Å². The summed E-state index contributed by atoms with van der Waals surface area (Å²) in [5.74, 6) is -2.59. The highest BCUT2D eigenvalue weighted by molar-refractivity contribution is 5.79. The maximum absolute atomic E-state index is 13.0. The summed E-state index contributed by atoms with van der Waals surface area (Å²) in [7, 11) is 1.93. The van der Waals surface area contributed by atoms with Crippen molar-refractivity contribution in [1.82, 2.24) is 9.80 Å². The smallest absolute Gasteiger partial charge is 0.391 e. The van der Waals surface area contributed by atoms with Gasteiger partial charge in [-0.05, 0) is 26.3 Å². The molecular weight excluding hydrogens is 273 g/mol. The molecule has 1 heterocycles. The highest BCUT2D eigenvalue weighted by Crippen LogP contribution is 2.44. The fourth-order valence-corrected chi connectivity index (χ4v) is 3.38. The third kappa shape index (κ3) is 2.93. The van der Waals surface area contributed by atoms with Gasteiger partial charge in [-0.15, -0.1) is 0 Å². The SMILES string of the molecule is CN1CCN(C2(C(=O)O)CCCC(C(F)(F)F)C2)CC1. The maximum Gasteiger partial charge on any atom is 0.391 e. The Hall–Kier alpha value is -0.820. The molecular formula is C13H21F3N2O2. The molecule has 2 unspecified atom stereocenters. The van der Waals surface area contributed by atoms with Crippen LogP contribution in [0.2, 0.25) is 0 Å². The van der Waals surface area contributed by atoms with Crippen LogP contribution in [0.25, 0.3) is 0 Å². The Morgan fingerprint density at radius 3 is 2.35 bits per heavy atom. The number of carboxylic acid groups (broad SMARTS) is 1. The lowest BCUT2D eigenvalue weighted by Crippen LogP contribution is -2.62. The van der Waals surface area contributed by atoms with Gasteiger partial charge < -0.3 is 10.0 Å². The molecule has 4 nitrogen and oxygen atoms in total. The summed E-state index contributed by atoms with van der Waals surface area (Å²) >= 11 is 0. The number of piperazine rings is 1. The molecule has 116 valence electrons. The predicted octanol–water partition coefficient (Wildman–Crippen LogP) is 1.81. The van der Waals surface area contributed by atoms with Crippen molar-refractivity contribution in [3.63, 3.8) is 0 Å². The first kappa shape index (κ1) is 15.6. The number of nitrogens with zero attached hydrogens (tertiary/aromatic N) is 2. The number of carbonyl (C=O) groups is 1. The highest BCUT2D eigenvalue weighted by Gasteiger charge is 2.54. The summed E-state index contributed by atoms with van der Waals surface area (Å²) in [6.45, 7) is 2.44. The van der Waals surface area contributed by atoms with Crippen molar-refractivity contribution >= 4 is 5.97 Å². The molecule has 2 aliphatic rings. The molecule has 1 aliphatic carbocycles. The molecule has 1 aliphatic heterocycles. The van der Waals surface area contributed by atoms with E-state index in [9.17, 15) is 23.1 Å². The van der Waals surface area contributed by atoms with Crippen LogP contribution in [0.5, 0.6) is 0 Å². The minimum Gasteiger partial charge on any atom is -0.480 e. The van der Waals surface area contributed by atoms with Gasteiger partial charge in [-0.25, -0.2) is 0 Å². The summed E-state index contributed by atoms with van der Waals surface area (Å²) in [6, 6.07) is 0. The van der Waals surface area contributed by atoms with Gasteiger partial charge in [0.05, 0.1) is 5.92 Å². The van der Waals surface area contributed by atoms with E-state index in [1.165, 1.54) is 0 Å². The monoisotopic (exact) mass is 294 g/mol. The second-order valence-electron chi connectivity index (χ2n) is 5.96. The summed E-state index contributed by atoms with van der Waals surface area (Å²) in [4.78, 5) is 15.5. The van der Waals surface area contributed by atoms with E-state index in [0.29, 0.717) is 39.0 Å². The zero-order valence-electron chi connectivity index (χ0n) is 11.6. The van der Waals surface area contributed by atoms with Crippen molar-refractivity contribution in [2.75, 3.05) is 33.2 Å². The normalized spacial score (nSPS) is 34.1. The second-order valence-corrected chi connectivity index (χ2v) is 5.96. The van der Waals surface area contributed by atoms with Gasteiger partial charge in [0.25, 0.3) is 0 Å². The number of likely N-dealkylation sites (N-methyl/N-ethyl adjacent to an activating group) is 1. The molecule has 20 heavy (non-hydrogen) atoms. The Balaban J connectivity index is 2.19. The van der Waals surface area contributed by atoms with Gasteiger partial charge in [-0.2, -0.15) is 13.2 Å². The van der Waals surface area contributed by atoms with Crippen LogP contribution in [-0.2, 0) is 4.79 Å². The number of rotatable bonds is 2. The summed E-state index contributed by atoms with van der Waals surface area (Å²) in [5, 5.41) is 9.57. The van der Waals surface area contributed by atoms with Gasteiger partial charge in [0.2, 0.25) is 0 Å². The third-order valence-corrected chi connectivity index (χ3v) is 4.70. The van der Waals surface area contributed by atoms with Crippen LogP contribution >= 0.6 is 0 Å². The van der Waals surface area contributed by atoms with Gasteiger partial charge in [-0.1, -0.05) is 6.42 Å². The van der Waals surface area contributed by atoms with Crippen molar-refractivity contribution in [3.05, 3.63) is 0 Å². The zero-order valence-corrected chi connectivity index (χ0v) is 11.6. The number of aliphatic carboxylic acids is 1. The van der Waals surface area contributed by atoms with Crippen LogP contribution in [0, 0.1) is 5.92 Å². The first-order chi connectivity index (χ1) is 9.25. The van der Waals surface area contributed by atoms with E-state index < -0.39 is 23.6 Å². The van der Waals surface area contributed by atoms with E-state index in [1.807, 2.05) is 7.05 Å². The predicted molar refractivity (Wildman–Crippen MR) is 67.4 cm³/mol. The molecule has 0 aromatic carbocycles. The molecule has 0 amide bonds. The Morgan fingerprint density at radius 1 is 1.25 bits per heavy atom. The fraction of sp³-hybridized carbons (Fsp3) is 0.923. The van der Waals surface area contributed by atoms with Gasteiger partial charge >= 0.3 is 12.1 Å². The van der Waals surface area contributed by atoms with Crippen LogP contribution in [0.4, 0.5) is 13.2 Å². The summed E-state index contributed by atoms with van der Waals surface area (Å²) in [6.07, 6.45) is -3.92. The lowest BCUT2D eigenvalue weighted by Gasteiger charge is -2.48. The highest BCUT2D eigenvalue weighted by atomic mass is 19.4. The van der Waals surface area contributed by atoms with Gasteiger partial charge in [0.1, 0.15) is 5.54 Å². The molecule has 7 heteroatoms. The van der Waals surface area contributed by atoms with Gasteiger partial charge in [0.15, 0.2) is 0 Å². The van der Waals surface area contributed by atoms with Crippen molar-refractivity contribution in [2.45, 2.75) is 37.4 Å². The first-order valence-electron chi connectivity index (χ1n) is 6.99. The molecule has 1 saturated heterocycles. The molecule has 0 spiro atoms. The molecule has 0 aromatic heterocycles. The lowest BCUT2D eigenvalue weighted by molar-refractivity contribution is -0.200. The second kappa shape index (κ2) is 5.52. The first-order valence-corrected chi connectivity index (χ1v) is 6.99. The molecule has 1 saturated carbocycles. The minimum atomic E-state index is -4.30. The molecule has 0 aromatic rings. The van der Waals surface area contributed by atoms with Crippen LogP contribution in [0.1, 0.15) is 25.7 Å². The van der Waals surface area contributed by atoms with Crippen molar-refractivity contribution < 1.29 is 23.1 Å². The van der Waals surface area contributed by atoms with E-state index in [2.05, 4.69) is 4.90 Å². The fourth-order valence-electron chi connectivity index (χ4n) is 3.38. The Morgan fingerprint density at radius 2 is 1.85 bits per heavy atom. The number of halogens is 3. The standard InChI is InChI=1S/C13H21F3N2O2/c1-17-5-7-18(8-6-17)12(11(19)20)4-2-3-10(9-12)13(14,15)16/h10H,2-9H2,1H3,(H,19,20). The molecule has 0 radical (unpaired) electrons. The van der Waals surface area contributed by atoms with Crippen molar-refractivity contribution in [2.24, 2.45) is 5.92 Å². The van der Waals surface area contributed by atoms with Gasteiger partial charge in [0, 0.05) is 26.2 Å². The van der Waals surface area contributed by atoms with Crippen LogP contribution < -0.4 is 0 Å². The summed E-state index contributed by atoms with van der Waals surface area (Å²) in [5.41, 5.74) is -1.33. The van der Waals surface area contributed by atoms with Crippen LogP contribution in [0.15, 0.2) is 0 Å². The Bertz CT molecular complexity index is 367. The summed E-state index contributed by atoms with van der Waals surface area (Å²) < 4.78 is 38.9. The Labute approximate surface area is 116 Å². The zero-order chi connectivity index (χ0) is 15.0. The maximum atomic E-state index is 13.0. The number of hydrogen-bond donors (Lipinski definition) is 1. The van der Waals surface area contributed by atoms with E-state index in [0.717, 1.165) is 0 Å². The third-order valence-electron chi connectivity index (χ3n) is 4.70. The van der Waals surface area contributed by atoms with E-state index in [-0.39, 0.29) is 12.8 Å². The van der Waals surface area contributed by atoms with E-state index >= 15 is 0 Å².